The number of ether oxygens (including phenoxy) is 1. The molecule has 1 aliphatic rings. The van der Waals surface area contributed by atoms with Crippen LogP contribution in [0.25, 0.3) is 23.1 Å². The number of nitrogens with zero attached hydrogens (tertiary/aromatic N) is 2. The number of hydrogen-bond donors (Lipinski definition) is 1. The lowest BCUT2D eigenvalue weighted by Crippen LogP contribution is -2.40. The smallest absolute Gasteiger partial charge is 0.338 e. The Bertz CT molecular complexity index is 2120. The van der Waals surface area contributed by atoms with Crippen LogP contribution in [0.5, 0.6) is 0 Å². The highest BCUT2D eigenvalue weighted by atomic mass is 32.1. The van der Waals surface area contributed by atoms with Crippen molar-refractivity contribution in [3.63, 3.8) is 0 Å². The van der Waals surface area contributed by atoms with Crippen LogP contribution in [-0.2, 0) is 9.53 Å². The molecular formula is C34H25FN2O6S. The van der Waals surface area contributed by atoms with E-state index in [1.165, 1.54) is 34.9 Å². The lowest BCUT2D eigenvalue weighted by molar-refractivity contribution is -0.138. The zero-order valence-electron chi connectivity index (χ0n) is 23.6. The monoisotopic (exact) mass is 608 g/mol. The molecule has 1 aliphatic heterocycles. The lowest BCUT2D eigenvalue weighted by Gasteiger charge is -2.25. The average molecular weight is 609 g/mol. The third-order valence-electron chi connectivity index (χ3n) is 7.21. The highest BCUT2D eigenvalue weighted by molar-refractivity contribution is 7.07. The fourth-order valence-electron chi connectivity index (χ4n) is 5.13. The molecule has 1 N–H and O–H groups in total. The van der Waals surface area contributed by atoms with Gasteiger partial charge in [-0.3, -0.25) is 9.36 Å². The number of aromatic carboxylic acids is 1. The number of carbonyl (C=O) groups excluding carboxylic acids is 1. The minimum atomic E-state index is -1.05. The first-order chi connectivity index (χ1) is 21.2. The Morgan fingerprint density at radius 1 is 1.07 bits per heavy atom. The van der Waals surface area contributed by atoms with E-state index in [4.69, 9.17) is 14.1 Å². The second-order valence-electron chi connectivity index (χ2n) is 10.0. The summed E-state index contributed by atoms with van der Waals surface area (Å²) in [6, 6.07) is 22.0. The predicted molar refractivity (Wildman–Crippen MR) is 163 cm³/mol. The van der Waals surface area contributed by atoms with Crippen molar-refractivity contribution >= 4 is 35.0 Å². The van der Waals surface area contributed by atoms with Crippen LogP contribution in [0.3, 0.4) is 0 Å². The maximum atomic E-state index is 14.0. The molecule has 8 nitrogen and oxygen atoms in total. The highest BCUT2D eigenvalue weighted by Crippen LogP contribution is 2.35. The summed E-state index contributed by atoms with van der Waals surface area (Å²) in [5, 5.41) is 9.42. The Balaban J connectivity index is 1.54. The molecule has 44 heavy (non-hydrogen) atoms. The van der Waals surface area contributed by atoms with Gasteiger partial charge in [0, 0.05) is 17.2 Å². The summed E-state index contributed by atoms with van der Waals surface area (Å²) in [7, 11) is 0. The highest BCUT2D eigenvalue weighted by Gasteiger charge is 2.35. The van der Waals surface area contributed by atoms with Gasteiger partial charge in [0.2, 0.25) is 0 Å². The third-order valence-corrected chi connectivity index (χ3v) is 8.19. The summed E-state index contributed by atoms with van der Waals surface area (Å²) in [4.78, 5) is 44.1. The standard InChI is InChI=1S/C34H25FN2O6S/c1-3-42-33(41)28-29(20-7-5-4-6-8-20)36-34-37(30(28)21-11-13-23(35)14-12-21)31(38)27(44-34)18-24-15-16-26(43-24)25-17-22(32(39)40)10-9-19(25)2/h4-18,30H,3H2,1-2H3,(H,39,40)/b27-18-/t30-/m0/s1. The zero-order valence-corrected chi connectivity index (χ0v) is 24.4. The molecule has 220 valence electrons. The number of fused-ring (bicyclic) bond motifs is 1. The number of furan rings is 1. The van der Waals surface area contributed by atoms with E-state index in [2.05, 4.69) is 0 Å². The topological polar surface area (TPSA) is 111 Å². The maximum Gasteiger partial charge on any atom is 0.338 e. The number of hydrogen-bond acceptors (Lipinski definition) is 7. The van der Waals surface area contributed by atoms with Crippen molar-refractivity contribution in [1.29, 1.82) is 0 Å². The van der Waals surface area contributed by atoms with Crippen molar-refractivity contribution < 1.29 is 28.2 Å². The summed E-state index contributed by atoms with van der Waals surface area (Å²) in [6.45, 7) is 3.66. The number of halogens is 1. The predicted octanol–water partition coefficient (Wildman–Crippen LogP) is 5.34. The van der Waals surface area contributed by atoms with Gasteiger partial charge in [-0.05, 0) is 61.4 Å². The molecule has 0 spiro atoms. The Morgan fingerprint density at radius 2 is 1.82 bits per heavy atom. The average Bonchev–Trinajstić information content (AvgIpc) is 3.61. The summed E-state index contributed by atoms with van der Waals surface area (Å²) >= 11 is 1.13. The Hall–Kier alpha value is -5.35. The van der Waals surface area contributed by atoms with E-state index in [1.54, 1.807) is 37.3 Å². The molecule has 0 saturated heterocycles. The molecule has 6 rings (SSSR count). The molecule has 2 aromatic heterocycles. The number of carbonyl (C=O) groups is 2. The van der Waals surface area contributed by atoms with Crippen LogP contribution in [0, 0.1) is 12.7 Å². The normalized spacial score (nSPS) is 14.7. The van der Waals surface area contributed by atoms with Crippen molar-refractivity contribution in [2.24, 2.45) is 4.99 Å². The van der Waals surface area contributed by atoms with Gasteiger partial charge in [-0.2, -0.15) is 0 Å². The Kier molecular flexibility index (Phi) is 7.67. The number of benzene rings is 3. The van der Waals surface area contributed by atoms with Crippen LogP contribution in [0.1, 0.15) is 45.8 Å². The fourth-order valence-corrected chi connectivity index (χ4v) is 6.11. The number of rotatable bonds is 7. The van der Waals surface area contributed by atoms with E-state index >= 15 is 0 Å². The molecule has 3 aromatic carbocycles. The number of carboxylic acid groups (broad SMARTS) is 1. The van der Waals surface area contributed by atoms with Gasteiger partial charge in [0.15, 0.2) is 4.80 Å². The largest absolute Gasteiger partial charge is 0.478 e. The molecule has 0 saturated carbocycles. The molecule has 0 unspecified atom stereocenters. The maximum absolute atomic E-state index is 14.0. The van der Waals surface area contributed by atoms with Crippen LogP contribution in [0.4, 0.5) is 4.39 Å². The van der Waals surface area contributed by atoms with Gasteiger partial charge >= 0.3 is 11.9 Å². The molecule has 0 amide bonds. The van der Waals surface area contributed by atoms with Gasteiger partial charge in [0.25, 0.3) is 5.56 Å². The van der Waals surface area contributed by atoms with Crippen LogP contribution < -0.4 is 14.9 Å². The van der Waals surface area contributed by atoms with E-state index in [9.17, 15) is 23.9 Å². The SMILES string of the molecule is CCOC(=O)C1=C(c2ccccc2)N=c2s/c(=C\c3ccc(-c4cc(C(=O)O)ccc4C)o3)c(=O)n2[C@H]1c1ccc(F)cc1. The van der Waals surface area contributed by atoms with Gasteiger partial charge in [0.05, 0.1) is 34.0 Å². The number of carboxylic acids is 1. The van der Waals surface area contributed by atoms with Crippen LogP contribution in [0.15, 0.2) is 105 Å². The summed E-state index contributed by atoms with van der Waals surface area (Å²) < 4.78 is 27.2. The number of aromatic nitrogens is 1. The molecule has 10 heteroatoms. The van der Waals surface area contributed by atoms with E-state index in [0.29, 0.717) is 43.2 Å². The number of aryl methyl sites for hydroxylation is 1. The first-order valence-electron chi connectivity index (χ1n) is 13.7. The molecule has 5 aromatic rings. The van der Waals surface area contributed by atoms with Gasteiger partial charge < -0.3 is 14.3 Å². The molecule has 3 heterocycles. The second kappa shape index (κ2) is 11.7. The quantitative estimate of drug-likeness (QED) is 0.250. The first-order valence-corrected chi connectivity index (χ1v) is 14.5. The number of esters is 1. The summed E-state index contributed by atoms with van der Waals surface area (Å²) in [6.07, 6.45) is 1.58. The van der Waals surface area contributed by atoms with Gasteiger partial charge in [0.1, 0.15) is 17.3 Å². The van der Waals surface area contributed by atoms with Gasteiger partial charge in [-0.25, -0.2) is 19.0 Å². The van der Waals surface area contributed by atoms with Crippen molar-refractivity contribution in [2.45, 2.75) is 19.9 Å². The Labute approximate surface area is 254 Å². The molecule has 0 fully saturated rings. The zero-order chi connectivity index (χ0) is 31.0. The Morgan fingerprint density at radius 3 is 2.52 bits per heavy atom. The lowest BCUT2D eigenvalue weighted by atomic mass is 9.93. The van der Waals surface area contributed by atoms with Crippen molar-refractivity contribution in [2.75, 3.05) is 6.61 Å². The van der Waals surface area contributed by atoms with Crippen molar-refractivity contribution in [1.82, 2.24) is 4.57 Å². The summed E-state index contributed by atoms with van der Waals surface area (Å²) in [5.41, 5.74) is 2.86. The minimum Gasteiger partial charge on any atom is -0.478 e. The fraction of sp³-hybridized carbons (Fsp3) is 0.118. The van der Waals surface area contributed by atoms with Gasteiger partial charge in [-0.15, -0.1) is 0 Å². The number of thiazole rings is 1. The van der Waals surface area contributed by atoms with Crippen LogP contribution in [-0.4, -0.2) is 28.2 Å². The second-order valence-corrected chi connectivity index (χ2v) is 11.0. The minimum absolute atomic E-state index is 0.112. The van der Waals surface area contributed by atoms with Crippen LogP contribution in [0.2, 0.25) is 0 Å². The van der Waals surface area contributed by atoms with E-state index in [1.807, 2.05) is 37.3 Å². The van der Waals surface area contributed by atoms with Crippen molar-refractivity contribution in [3.8, 4) is 11.3 Å². The van der Waals surface area contributed by atoms with E-state index < -0.39 is 29.4 Å². The first kappa shape index (κ1) is 28.8. The molecule has 0 aliphatic carbocycles. The van der Waals surface area contributed by atoms with Crippen LogP contribution >= 0.6 is 11.3 Å². The third kappa shape index (κ3) is 5.31. The molecular weight excluding hydrogens is 583 g/mol. The molecule has 0 bridgehead atoms. The van der Waals surface area contributed by atoms with Crippen molar-refractivity contribution in [3.05, 3.63) is 144 Å². The van der Waals surface area contributed by atoms with Gasteiger partial charge in [-0.1, -0.05) is 59.9 Å². The van der Waals surface area contributed by atoms with E-state index in [0.717, 1.165) is 16.9 Å². The molecule has 1 atom stereocenters. The van der Waals surface area contributed by atoms with E-state index in [-0.39, 0.29) is 17.7 Å². The molecule has 0 radical (unpaired) electrons. The summed E-state index contributed by atoms with van der Waals surface area (Å²) in [5.74, 6) is -1.31.